The summed E-state index contributed by atoms with van der Waals surface area (Å²) in [5.74, 6) is 0. The fraction of sp³-hybridized carbons (Fsp3) is 0.0667. The molecule has 0 N–H and O–H groups in total. The van der Waals surface area contributed by atoms with E-state index in [1.54, 1.807) is 6.07 Å². The van der Waals surface area contributed by atoms with Crippen LogP contribution in [0.1, 0.15) is 22.3 Å². The van der Waals surface area contributed by atoms with Crippen molar-refractivity contribution in [3.63, 3.8) is 0 Å². The molecular formula is C15H10N2O. The Balaban J connectivity index is 2.12. The van der Waals surface area contributed by atoms with Gasteiger partial charge in [-0.1, -0.05) is 41.6 Å². The van der Waals surface area contributed by atoms with Crippen molar-refractivity contribution in [1.29, 1.82) is 5.26 Å². The minimum absolute atomic E-state index is 0.498. The Hall–Kier alpha value is -2.60. The van der Waals surface area contributed by atoms with E-state index in [-0.39, 0.29) is 0 Å². The van der Waals surface area contributed by atoms with Crippen LogP contribution in [0.15, 0.2) is 53.7 Å². The Morgan fingerprint density at radius 1 is 1.11 bits per heavy atom. The van der Waals surface area contributed by atoms with E-state index < -0.39 is 0 Å². The minimum atomic E-state index is 0.498. The zero-order chi connectivity index (χ0) is 12.4. The maximum atomic E-state index is 8.93. The highest BCUT2D eigenvalue weighted by Gasteiger charge is 2.16. The summed E-state index contributed by atoms with van der Waals surface area (Å²) in [5.41, 5.74) is 4.50. The molecule has 0 bridgehead atoms. The van der Waals surface area contributed by atoms with Gasteiger partial charge in [-0.2, -0.15) is 5.26 Å². The van der Waals surface area contributed by atoms with Gasteiger partial charge in [-0.15, -0.1) is 0 Å². The van der Waals surface area contributed by atoms with E-state index in [2.05, 4.69) is 11.2 Å². The zero-order valence-corrected chi connectivity index (χ0v) is 9.63. The van der Waals surface area contributed by atoms with Crippen molar-refractivity contribution in [2.75, 3.05) is 0 Å². The molecule has 18 heavy (non-hydrogen) atoms. The van der Waals surface area contributed by atoms with E-state index in [9.17, 15) is 0 Å². The number of nitriles is 1. The first kappa shape index (κ1) is 10.5. The molecule has 0 atom stereocenters. The second-order valence-corrected chi connectivity index (χ2v) is 4.06. The average Bonchev–Trinajstić information content (AvgIpc) is 2.47. The summed E-state index contributed by atoms with van der Waals surface area (Å²) in [6.45, 7) is 0.498. The molecule has 3 nitrogen and oxygen atoms in total. The number of hydrogen-bond acceptors (Lipinski definition) is 3. The molecule has 1 heterocycles. The molecule has 0 spiro atoms. The van der Waals surface area contributed by atoms with Gasteiger partial charge in [0.15, 0.2) is 0 Å². The molecule has 0 aromatic heterocycles. The largest absolute Gasteiger partial charge is 0.390 e. The van der Waals surface area contributed by atoms with Crippen molar-refractivity contribution in [3.05, 3.63) is 70.8 Å². The number of oxime groups is 1. The predicted octanol–water partition coefficient (Wildman–Crippen LogP) is 2.84. The molecule has 1 aliphatic heterocycles. The summed E-state index contributed by atoms with van der Waals surface area (Å²) in [5, 5.41) is 13.1. The Kier molecular flexibility index (Phi) is 2.54. The van der Waals surface area contributed by atoms with E-state index in [0.717, 1.165) is 22.4 Å². The fourth-order valence-electron chi connectivity index (χ4n) is 2.04. The van der Waals surface area contributed by atoms with Crippen LogP contribution in [0.2, 0.25) is 0 Å². The molecule has 0 radical (unpaired) electrons. The lowest BCUT2D eigenvalue weighted by atomic mass is 9.96. The van der Waals surface area contributed by atoms with Gasteiger partial charge in [-0.05, 0) is 12.1 Å². The first-order valence-electron chi connectivity index (χ1n) is 5.67. The van der Waals surface area contributed by atoms with Crippen LogP contribution in [0.3, 0.4) is 0 Å². The van der Waals surface area contributed by atoms with E-state index in [1.807, 2.05) is 42.5 Å². The molecule has 1 aliphatic rings. The highest BCUT2D eigenvalue weighted by atomic mass is 16.6. The lowest BCUT2D eigenvalue weighted by Crippen LogP contribution is -2.12. The third-order valence-electron chi connectivity index (χ3n) is 2.91. The van der Waals surface area contributed by atoms with Gasteiger partial charge in [-0.3, -0.25) is 0 Å². The monoisotopic (exact) mass is 234 g/mol. The first-order chi connectivity index (χ1) is 8.88. The number of fused-ring (bicyclic) bond motifs is 1. The summed E-state index contributed by atoms with van der Waals surface area (Å²) in [6, 6.07) is 17.5. The molecular weight excluding hydrogens is 224 g/mol. The number of rotatable bonds is 1. The van der Waals surface area contributed by atoms with E-state index >= 15 is 0 Å². The normalized spacial score (nSPS) is 12.9. The predicted molar refractivity (Wildman–Crippen MR) is 68.0 cm³/mol. The SMILES string of the molecule is N#Cc1cccc(C2=NOCc3ccccc32)c1. The Morgan fingerprint density at radius 2 is 2.00 bits per heavy atom. The zero-order valence-electron chi connectivity index (χ0n) is 9.63. The highest BCUT2D eigenvalue weighted by Crippen LogP contribution is 2.21. The van der Waals surface area contributed by atoms with Gasteiger partial charge in [0.25, 0.3) is 0 Å². The van der Waals surface area contributed by atoms with Crippen molar-refractivity contribution < 1.29 is 4.84 Å². The topological polar surface area (TPSA) is 45.4 Å². The lowest BCUT2D eigenvalue weighted by molar-refractivity contribution is 0.126. The fourth-order valence-corrected chi connectivity index (χ4v) is 2.04. The van der Waals surface area contributed by atoms with Crippen LogP contribution >= 0.6 is 0 Å². The molecule has 3 rings (SSSR count). The summed E-state index contributed by atoms with van der Waals surface area (Å²) in [6.07, 6.45) is 0. The van der Waals surface area contributed by atoms with Crippen LogP contribution in [-0.4, -0.2) is 5.71 Å². The van der Waals surface area contributed by atoms with Crippen LogP contribution < -0.4 is 0 Å². The summed E-state index contributed by atoms with van der Waals surface area (Å²) < 4.78 is 0. The number of hydrogen-bond donors (Lipinski definition) is 0. The van der Waals surface area contributed by atoms with E-state index in [4.69, 9.17) is 10.1 Å². The molecule has 0 aliphatic carbocycles. The molecule has 2 aromatic rings. The Morgan fingerprint density at radius 3 is 2.89 bits per heavy atom. The average molecular weight is 234 g/mol. The van der Waals surface area contributed by atoms with Crippen LogP contribution in [0.4, 0.5) is 0 Å². The third kappa shape index (κ3) is 1.74. The molecule has 2 aromatic carbocycles. The molecule has 0 amide bonds. The molecule has 86 valence electrons. The Labute approximate surface area is 105 Å². The molecule has 0 fully saturated rings. The standard InChI is InChI=1S/C15H10N2O/c16-9-11-4-3-6-12(8-11)15-14-7-2-1-5-13(14)10-18-17-15/h1-8H,10H2. The number of benzene rings is 2. The van der Waals surface area contributed by atoms with Gasteiger partial charge in [0, 0.05) is 16.7 Å². The lowest BCUT2D eigenvalue weighted by Gasteiger charge is -2.16. The minimum Gasteiger partial charge on any atom is -0.390 e. The van der Waals surface area contributed by atoms with Crippen molar-refractivity contribution in [2.24, 2.45) is 5.16 Å². The summed E-state index contributed by atoms with van der Waals surface area (Å²) >= 11 is 0. The van der Waals surface area contributed by atoms with Crippen LogP contribution in [0.25, 0.3) is 0 Å². The van der Waals surface area contributed by atoms with Crippen molar-refractivity contribution >= 4 is 5.71 Å². The second kappa shape index (κ2) is 4.34. The summed E-state index contributed by atoms with van der Waals surface area (Å²) in [7, 11) is 0. The van der Waals surface area contributed by atoms with Gasteiger partial charge >= 0.3 is 0 Å². The number of nitrogens with zero attached hydrogens (tertiary/aromatic N) is 2. The van der Waals surface area contributed by atoms with Gasteiger partial charge in [0.05, 0.1) is 11.6 Å². The van der Waals surface area contributed by atoms with Crippen molar-refractivity contribution in [3.8, 4) is 6.07 Å². The van der Waals surface area contributed by atoms with Gasteiger partial charge in [0.2, 0.25) is 0 Å². The first-order valence-corrected chi connectivity index (χ1v) is 5.67. The van der Waals surface area contributed by atoms with E-state index in [0.29, 0.717) is 12.2 Å². The van der Waals surface area contributed by atoms with Crippen LogP contribution in [0, 0.1) is 11.3 Å². The molecule has 0 unspecified atom stereocenters. The second-order valence-electron chi connectivity index (χ2n) is 4.06. The Bertz CT molecular complexity index is 668. The molecule has 0 saturated carbocycles. The van der Waals surface area contributed by atoms with Gasteiger partial charge in [-0.25, -0.2) is 0 Å². The molecule has 0 saturated heterocycles. The third-order valence-corrected chi connectivity index (χ3v) is 2.91. The van der Waals surface area contributed by atoms with Gasteiger partial charge < -0.3 is 4.84 Å². The quantitative estimate of drug-likeness (QED) is 0.761. The van der Waals surface area contributed by atoms with Crippen LogP contribution in [-0.2, 0) is 11.4 Å². The van der Waals surface area contributed by atoms with Gasteiger partial charge in [0.1, 0.15) is 12.3 Å². The highest BCUT2D eigenvalue weighted by molar-refractivity contribution is 6.13. The maximum absolute atomic E-state index is 8.93. The van der Waals surface area contributed by atoms with E-state index in [1.165, 1.54) is 0 Å². The maximum Gasteiger partial charge on any atom is 0.143 e. The summed E-state index contributed by atoms with van der Waals surface area (Å²) in [4.78, 5) is 5.24. The smallest absolute Gasteiger partial charge is 0.143 e. The van der Waals surface area contributed by atoms with Crippen molar-refractivity contribution in [2.45, 2.75) is 6.61 Å². The molecule has 3 heteroatoms. The van der Waals surface area contributed by atoms with Crippen LogP contribution in [0.5, 0.6) is 0 Å². The van der Waals surface area contributed by atoms with Crippen molar-refractivity contribution in [1.82, 2.24) is 0 Å².